The fourth-order valence-corrected chi connectivity index (χ4v) is 1.76. The predicted molar refractivity (Wildman–Crippen MR) is 67.5 cm³/mol. The van der Waals surface area contributed by atoms with Crippen molar-refractivity contribution in [3.8, 4) is 11.5 Å². The van der Waals surface area contributed by atoms with Crippen LogP contribution in [0.4, 0.5) is 0 Å². The molecule has 0 saturated carbocycles. The van der Waals surface area contributed by atoms with Gasteiger partial charge in [0, 0.05) is 0 Å². The molecule has 5 nitrogen and oxygen atoms in total. The number of aromatic carboxylic acids is 1. The standard InChI is InChI=1S/C14H9NO4/c16-14(17)13-11-8-10(6-7-12(11)15-19-13)18-9-4-2-1-3-5-9/h1-8H,(H,16,17). The van der Waals surface area contributed by atoms with E-state index in [-0.39, 0.29) is 5.76 Å². The van der Waals surface area contributed by atoms with Crippen molar-refractivity contribution in [2.75, 3.05) is 0 Å². The van der Waals surface area contributed by atoms with Crippen LogP contribution < -0.4 is 4.74 Å². The number of aromatic nitrogens is 1. The van der Waals surface area contributed by atoms with E-state index in [1.807, 2.05) is 30.3 Å². The minimum absolute atomic E-state index is 0.187. The average Bonchev–Trinajstić information content (AvgIpc) is 2.83. The van der Waals surface area contributed by atoms with Crippen LogP contribution in [-0.2, 0) is 0 Å². The lowest BCUT2D eigenvalue weighted by Crippen LogP contribution is -1.93. The molecule has 3 rings (SSSR count). The monoisotopic (exact) mass is 255 g/mol. The lowest BCUT2D eigenvalue weighted by molar-refractivity contribution is 0.0655. The Bertz CT molecular complexity index is 734. The lowest BCUT2D eigenvalue weighted by Gasteiger charge is -2.04. The van der Waals surface area contributed by atoms with Gasteiger partial charge in [0.05, 0.1) is 5.39 Å². The van der Waals surface area contributed by atoms with Gasteiger partial charge in [0.1, 0.15) is 17.0 Å². The third-order valence-electron chi connectivity index (χ3n) is 2.62. The number of carbonyl (C=O) groups is 1. The molecule has 0 spiro atoms. The summed E-state index contributed by atoms with van der Waals surface area (Å²) in [7, 11) is 0. The molecule has 0 unspecified atom stereocenters. The van der Waals surface area contributed by atoms with Gasteiger partial charge in [0.2, 0.25) is 0 Å². The SMILES string of the molecule is O=C(O)c1onc2ccc(Oc3ccccc3)cc12. The van der Waals surface area contributed by atoms with Crippen LogP contribution in [0.3, 0.4) is 0 Å². The van der Waals surface area contributed by atoms with Crippen LogP contribution >= 0.6 is 0 Å². The van der Waals surface area contributed by atoms with Crippen LogP contribution in [0.2, 0.25) is 0 Å². The molecule has 0 amide bonds. The van der Waals surface area contributed by atoms with Crippen molar-refractivity contribution in [3.05, 3.63) is 54.3 Å². The summed E-state index contributed by atoms with van der Waals surface area (Å²) in [5.74, 6) is -0.132. The van der Waals surface area contributed by atoms with Gasteiger partial charge in [-0.05, 0) is 30.3 Å². The fourth-order valence-electron chi connectivity index (χ4n) is 1.76. The number of ether oxygens (including phenoxy) is 1. The largest absolute Gasteiger partial charge is 0.475 e. The van der Waals surface area contributed by atoms with E-state index in [4.69, 9.17) is 14.4 Å². The number of hydrogen-bond acceptors (Lipinski definition) is 4. The van der Waals surface area contributed by atoms with Gasteiger partial charge >= 0.3 is 5.97 Å². The summed E-state index contributed by atoms with van der Waals surface area (Å²) in [6.07, 6.45) is 0. The Labute approximate surface area is 108 Å². The van der Waals surface area contributed by atoms with Gasteiger partial charge < -0.3 is 14.4 Å². The summed E-state index contributed by atoms with van der Waals surface area (Å²) in [6.45, 7) is 0. The van der Waals surface area contributed by atoms with Gasteiger partial charge in [-0.1, -0.05) is 23.4 Å². The Morgan fingerprint density at radius 2 is 1.89 bits per heavy atom. The van der Waals surface area contributed by atoms with Crippen LogP contribution in [-0.4, -0.2) is 16.2 Å². The minimum atomic E-state index is -1.15. The fraction of sp³-hybridized carbons (Fsp3) is 0. The first-order valence-corrected chi connectivity index (χ1v) is 5.60. The normalized spacial score (nSPS) is 10.5. The van der Waals surface area contributed by atoms with Crippen LogP contribution in [0, 0.1) is 0 Å². The molecule has 94 valence electrons. The number of para-hydroxylation sites is 1. The maximum absolute atomic E-state index is 11.0. The van der Waals surface area contributed by atoms with E-state index in [1.54, 1.807) is 18.2 Å². The topological polar surface area (TPSA) is 72.6 Å². The highest BCUT2D eigenvalue weighted by Gasteiger charge is 2.16. The zero-order valence-corrected chi connectivity index (χ0v) is 9.74. The molecule has 1 N–H and O–H groups in total. The first-order chi connectivity index (χ1) is 9.24. The summed E-state index contributed by atoms with van der Waals surface area (Å²) >= 11 is 0. The number of benzene rings is 2. The van der Waals surface area contributed by atoms with E-state index >= 15 is 0 Å². The molecular weight excluding hydrogens is 246 g/mol. The van der Waals surface area contributed by atoms with Gasteiger partial charge in [-0.3, -0.25) is 0 Å². The van der Waals surface area contributed by atoms with Crippen LogP contribution in [0.25, 0.3) is 10.9 Å². The number of carboxylic acid groups (broad SMARTS) is 1. The second-order valence-corrected chi connectivity index (χ2v) is 3.91. The smallest absolute Gasteiger partial charge is 0.375 e. The Hall–Kier alpha value is -2.82. The van der Waals surface area contributed by atoms with Gasteiger partial charge in [0.15, 0.2) is 0 Å². The molecule has 0 aliphatic heterocycles. The summed E-state index contributed by atoms with van der Waals surface area (Å²) in [6, 6.07) is 14.2. The third kappa shape index (κ3) is 2.13. The molecule has 0 aliphatic rings. The van der Waals surface area contributed by atoms with E-state index in [9.17, 15) is 4.79 Å². The molecule has 3 aromatic rings. The molecule has 0 aliphatic carbocycles. The lowest BCUT2D eigenvalue weighted by atomic mass is 10.2. The Kier molecular flexibility index (Phi) is 2.64. The quantitative estimate of drug-likeness (QED) is 0.777. The second kappa shape index (κ2) is 4.45. The van der Waals surface area contributed by atoms with Crippen LogP contribution in [0.5, 0.6) is 11.5 Å². The Morgan fingerprint density at radius 3 is 2.63 bits per heavy atom. The summed E-state index contributed by atoms with van der Waals surface area (Å²) in [5.41, 5.74) is 0.484. The van der Waals surface area contributed by atoms with E-state index < -0.39 is 5.97 Å². The van der Waals surface area contributed by atoms with Crippen molar-refractivity contribution in [3.63, 3.8) is 0 Å². The number of carboxylic acids is 1. The zero-order valence-electron chi connectivity index (χ0n) is 9.74. The zero-order chi connectivity index (χ0) is 13.2. The maximum atomic E-state index is 11.0. The van der Waals surface area contributed by atoms with E-state index in [2.05, 4.69) is 5.16 Å². The van der Waals surface area contributed by atoms with Crippen molar-refractivity contribution in [1.82, 2.24) is 5.16 Å². The summed E-state index contributed by atoms with van der Waals surface area (Å²) in [4.78, 5) is 11.0. The van der Waals surface area contributed by atoms with Gasteiger partial charge in [0.25, 0.3) is 5.76 Å². The minimum Gasteiger partial charge on any atom is -0.475 e. The van der Waals surface area contributed by atoms with Crippen molar-refractivity contribution in [2.45, 2.75) is 0 Å². The first-order valence-electron chi connectivity index (χ1n) is 5.60. The molecule has 0 saturated heterocycles. The van der Waals surface area contributed by atoms with Crippen molar-refractivity contribution >= 4 is 16.9 Å². The average molecular weight is 255 g/mol. The molecule has 0 bridgehead atoms. The van der Waals surface area contributed by atoms with Crippen LogP contribution in [0.15, 0.2) is 53.1 Å². The van der Waals surface area contributed by atoms with Gasteiger partial charge in [-0.25, -0.2) is 4.79 Å². The summed E-state index contributed by atoms with van der Waals surface area (Å²) in [5, 5.41) is 13.1. The molecule has 0 atom stereocenters. The molecule has 0 fully saturated rings. The molecule has 1 heterocycles. The number of hydrogen-bond donors (Lipinski definition) is 1. The van der Waals surface area contributed by atoms with Gasteiger partial charge in [-0.15, -0.1) is 0 Å². The van der Waals surface area contributed by atoms with E-state index in [0.29, 0.717) is 22.4 Å². The first kappa shape index (κ1) is 11.3. The van der Waals surface area contributed by atoms with Crippen LogP contribution in [0.1, 0.15) is 10.6 Å². The highest BCUT2D eigenvalue weighted by Crippen LogP contribution is 2.27. The Morgan fingerprint density at radius 1 is 1.11 bits per heavy atom. The molecule has 0 radical (unpaired) electrons. The van der Waals surface area contributed by atoms with Crippen molar-refractivity contribution < 1.29 is 19.2 Å². The number of nitrogens with zero attached hydrogens (tertiary/aromatic N) is 1. The molecule has 2 aromatic carbocycles. The van der Waals surface area contributed by atoms with Crippen molar-refractivity contribution in [2.24, 2.45) is 0 Å². The number of fused-ring (bicyclic) bond motifs is 1. The maximum Gasteiger partial charge on any atom is 0.375 e. The number of rotatable bonds is 3. The Balaban J connectivity index is 2.01. The van der Waals surface area contributed by atoms with Crippen molar-refractivity contribution in [1.29, 1.82) is 0 Å². The predicted octanol–water partition coefficient (Wildman–Crippen LogP) is 3.32. The molecule has 19 heavy (non-hydrogen) atoms. The summed E-state index contributed by atoms with van der Waals surface area (Å²) < 4.78 is 10.4. The molecular formula is C14H9NO4. The highest BCUT2D eigenvalue weighted by molar-refractivity contribution is 6.00. The third-order valence-corrected chi connectivity index (χ3v) is 2.62. The highest BCUT2D eigenvalue weighted by atomic mass is 16.5. The molecule has 5 heteroatoms. The van der Waals surface area contributed by atoms with E-state index in [0.717, 1.165) is 0 Å². The van der Waals surface area contributed by atoms with Gasteiger partial charge in [-0.2, -0.15) is 0 Å². The molecule has 1 aromatic heterocycles. The van der Waals surface area contributed by atoms with E-state index in [1.165, 1.54) is 0 Å². The second-order valence-electron chi connectivity index (χ2n) is 3.91.